The molecule has 0 aliphatic heterocycles. The minimum absolute atomic E-state index is 0.287. The first-order chi connectivity index (χ1) is 5.83. The molecule has 1 N–H and O–H groups in total. The Balaban J connectivity index is 2.46. The Morgan fingerprint density at radius 2 is 2.00 bits per heavy atom. The molecule has 0 fully saturated rings. The number of hydrogen-bond donors (Lipinski definition) is 1. The van der Waals surface area contributed by atoms with Crippen molar-refractivity contribution in [2.24, 2.45) is 0 Å². The zero-order valence-corrected chi connectivity index (χ0v) is 7.11. The van der Waals surface area contributed by atoms with E-state index >= 15 is 0 Å². The van der Waals surface area contributed by atoms with E-state index in [-0.39, 0.29) is 6.10 Å². The molecule has 1 heteroatoms. The number of hydrogen-bond acceptors (Lipinski definition) is 1. The summed E-state index contributed by atoms with van der Waals surface area (Å²) in [5.74, 6) is 0. The normalized spacial score (nSPS) is 12.4. The largest absolute Gasteiger partial charge is 0.392 e. The molecule has 1 aromatic carbocycles. The van der Waals surface area contributed by atoms with Gasteiger partial charge in [-0.25, -0.2) is 0 Å². The topological polar surface area (TPSA) is 20.2 Å². The van der Waals surface area contributed by atoms with Gasteiger partial charge in [-0.3, -0.25) is 0 Å². The molecule has 1 nitrogen and oxygen atoms in total. The van der Waals surface area contributed by atoms with E-state index in [1.807, 2.05) is 30.3 Å². The van der Waals surface area contributed by atoms with Crippen molar-refractivity contribution >= 4 is 0 Å². The van der Waals surface area contributed by atoms with Crippen molar-refractivity contribution < 1.29 is 5.11 Å². The highest BCUT2D eigenvalue weighted by molar-refractivity contribution is 5.15. The Morgan fingerprint density at radius 1 is 1.33 bits per heavy atom. The Labute approximate surface area is 73.4 Å². The highest BCUT2D eigenvalue weighted by Gasteiger charge is 2.01. The lowest BCUT2D eigenvalue weighted by atomic mass is 10.1. The van der Waals surface area contributed by atoms with E-state index in [0.717, 1.165) is 0 Å². The number of rotatable bonds is 4. The van der Waals surface area contributed by atoms with Crippen LogP contribution in [0.3, 0.4) is 0 Å². The third-order valence-corrected chi connectivity index (χ3v) is 1.75. The first kappa shape index (κ1) is 9.01. The molecule has 0 bridgehead atoms. The number of aliphatic hydroxyl groups is 1. The summed E-state index contributed by atoms with van der Waals surface area (Å²) in [6.45, 7) is 3.58. The standard InChI is InChI=1S/C11H14O/c1-2-6-11(12)9-10-7-4-3-5-8-10/h2-5,7-8,11-12H,1,6,9H2. The van der Waals surface area contributed by atoms with Crippen LogP contribution in [0.5, 0.6) is 0 Å². The minimum Gasteiger partial charge on any atom is -0.392 e. The van der Waals surface area contributed by atoms with Crippen molar-refractivity contribution in [2.45, 2.75) is 18.9 Å². The van der Waals surface area contributed by atoms with Crippen LogP contribution in [-0.2, 0) is 6.42 Å². The summed E-state index contributed by atoms with van der Waals surface area (Å²) in [6, 6.07) is 9.98. The van der Waals surface area contributed by atoms with Gasteiger partial charge in [0.05, 0.1) is 6.10 Å². The van der Waals surface area contributed by atoms with Gasteiger partial charge in [0.25, 0.3) is 0 Å². The monoisotopic (exact) mass is 162 g/mol. The Morgan fingerprint density at radius 3 is 2.58 bits per heavy atom. The second-order valence-corrected chi connectivity index (χ2v) is 2.87. The van der Waals surface area contributed by atoms with Gasteiger partial charge in [-0.1, -0.05) is 36.4 Å². The third-order valence-electron chi connectivity index (χ3n) is 1.75. The van der Waals surface area contributed by atoms with Gasteiger partial charge in [-0.15, -0.1) is 6.58 Å². The molecule has 0 radical (unpaired) electrons. The highest BCUT2D eigenvalue weighted by Crippen LogP contribution is 2.05. The van der Waals surface area contributed by atoms with Gasteiger partial charge in [0.2, 0.25) is 0 Å². The second kappa shape index (κ2) is 4.73. The summed E-state index contributed by atoms with van der Waals surface area (Å²) in [5, 5.41) is 9.43. The van der Waals surface area contributed by atoms with Crippen molar-refractivity contribution in [3.05, 3.63) is 48.6 Å². The molecule has 0 spiro atoms. The highest BCUT2D eigenvalue weighted by atomic mass is 16.3. The molecule has 12 heavy (non-hydrogen) atoms. The molecular formula is C11H14O. The first-order valence-electron chi connectivity index (χ1n) is 4.16. The molecule has 1 atom stereocenters. The molecule has 0 aromatic heterocycles. The molecule has 1 aromatic rings. The molecule has 0 saturated heterocycles. The molecule has 0 aliphatic carbocycles. The van der Waals surface area contributed by atoms with Crippen LogP contribution in [0.2, 0.25) is 0 Å². The molecule has 64 valence electrons. The van der Waals surface area contributed by atoms with E-state index in [2.05, 4.69) is 6.58 Å². The van der Waals surface area contributed by atoms with Crippen LogP contribution in [0.15, 0.2) is 43.0 Å². The van der Waals surface area contributed by atoms with Gasteiger partial charge >= 0.3 is 0 Å². The van der Waals surface area contributed by atoms with Gasteiger partial charge in [-0.05, 0) is 18.4 Å². The van der Waals surface area contributed by atoms with Gasteiger partial charge in [0, 0.05) is 0 Å². The van der Waals surface area contributed by atoms with Gasteiger partial charge in [0.1, 0.15) is 0 Å². The molecule has 0 saturated carbocycles. The first-order valence-corrected chi connectivity index (χ1v) is 4.16. The molecule has 1 rings (SSSR count). The Bertz CT molecular complexity index is 228. The minimum atomic E-state index is -0.287. The van der Waals surface area contributed by atoms with Crippen molar-refractivity contribution in [2.75, 3.05) is 0 Å². The van der Waals surface area contributed by atoms with Crippen molar-refractivity contribution in [1.82, 2.24) is 0 Å². The number of aliphatic hydroxyl groups excluding tert-OH is 1. The third kappa shape index (κ3) is 2.89. The fourth-order valence-electron chi connectivity index (χ4n) is 1.16. The summed E-state index contributed by atoms with van der Waals surface area (Å²) >= 11 is 0. The van der Waals surface area contributed by atoms with Gasteiger partial charge in [-0.2, -0.15) is 0 Å². The van der Waals surface area contributed by atoms with E-state index in [4.69, 9.17) is 0 Å². The Kier molecular flexibility index (Phi) is 3.55. The SMILES string of the molecule is C=CCC(O)Cc1ccccc1. The van der Waals surface area contributed by atoms with Crippen LogP contribution in [-0.4, -0.2) is 11.2 Å². The fourth-order valence-corrected chi connectivity index (χ4v) is 1.16. The molecule has 0 aliphatic rings. The van der Waals surface area contributed by atoms with Crippen LogP contribution in [0.1, 0.15) is 12.0 Å². The molecule has 0 heterocycles. The van der Waals surface area contributed by atoms with E-state index < -0.39 is 0 Å². The quantitative estimate of drug-likeness (QED) is 0.673. The molecule has 1 unspecified atom stereocenters. The zero-order valence-electron chi connectivity index (χ0n) is 7.11. The van der Waals surface area contributed by atoms with Crippen LogP contribution < -0.4 is 0 Å². The van der Waals surface area contributed by atoms with Crippen LogP contribution in [0.25, 0.3) is 0 Å². The maximum absolute atomic E-state index is 9.43. The predicted molar refractivity (Wildman–Crippen MR) is 51.0 cm³/mol. The lowest BCUT2D eigenvalue weighted by Gasteiger charge is -2.06. The average molecular weight is 162 g/mol. The summed E-state index contributed by atoms with van der Waals surface area (Å²) in [6.07, 6.45) is 2.83. The summed E-state index contributed by atoms with van der Waals surface area (Å²) < 4.78 is 0. The molecular weight excluding hydrogens is 148 g/mol. The fraction of sp³-hybridized carbons (Fsp3) is 0.273. The van der Waals surface area contributed by atoms with E-state index in [1.165, 1.54) is 5.56 Å². The summed E-state index contributed by atoms with van der Waals surface area (Å²) in [5.41, 5.74) is 1.17. The van der Waals surface area contributed by atoms with Gasteiger partial charge in [0.15, 0.2) is 0 Å². The Hall–Kier alpha value is -1.08. The van der Waals surface area contributed by atoms with E-state index in [9.17, 15) is 5.11 Å². The van der Waals surface area contributed by atoms with Crippen LogP contribution >= 0.6 is 0 Å². The second-order valence-electron chi connectivity index (χ2n) is 2.87. The van der Waals surface area contributed by atoms with Crippen LogP contribution in [0.4, 0.5) is 0 Å². The molecule has 0 amide bonds. The maximum atomic E-state index is 9.43. The maximum Gasteiger partial charge on any atom is 0.0614 e. The zero-order chi connectivity index (χ0) is 8.81. The number of benzene rings is 1. The van der Waals surface area contributed by atoms with E-state index in [0.29, 0.717) is 12.8 Å². The van der Waals surface area contributed by atoms with E-state index in [1.54, 1.807) is 6.08 Å². The predicted octanol–water partition coefficient (Wildman–Crippen LogP) is 2.17. The average Bonchev–Trinajstić information content (AvgIpc) is 2.06. The lowest BCUT2D eigenvalue weighted by molar-refractivity contribution is 0.178. The smallest absolute Gasteiger partial charge is 0.0614 e. The van der Waals surface area contributed by atoms with Gasteiger partial charge < -0.3 is 5.11 Å². The lowest BCUT2D eigenvalue weighted by Crippen LogP contribution is -2.08. The van der Waals surface area contributed by atoms with Crippen LogP contribution in [0, 0.1) is 0 Å². The van der Waals surface area contributed by atoms with Crippen molar-refractivity contribution in [3.63, 3.8) is 0 Å². The summed E-state index contributed by atoms with van der Waals surface area (Å²) in [7, 11) is 0. The summed E-state index contributed by atoms with van der Waals surface area (Å²) in [4.78, 5) is 0. The van der Waals surface area contributed by atoms with Crippen molar-refractivity contribution in [1.29, 1.82) is 0 Å². The van der Waals surface area contributed by atoms with Crippen molar-refractivity contribution in [3.8, 4) is 0 Å².